The molecule has 0 radical (unpaired) electrons. The maximum absolute atomic E-state index is 13.2. The first-order valence-corrected chi connectivity index (χ1v) is 9.96. The van der Waals surface area contributed by atoms with Gasteiger partial charge in [-0.1, -0.05) is 24.3 Å². The molecule has 2 aliphatic rings. The summed E-state index contributed by atoms with van der Waals surface area (Å²) in [5, 5.41) is 19.4. The van der Waals surface area contributed by atoms with Crippen molar-refractivity contribution in [2.45, 2.75) is 18.6 Å². The molecule has 0 unspecified atom stereocenters. The summed E-state index contributed by atoms with van der Waals surface area (Å²) in [5.74, 6) is -2.82. The molecule has 0 saturated carbocycles. The van der Waals surface area contributed by atoms with E-state index in [0.29, 0.717) is 26.2 Å². The SMILES string of the molecule is C=CCO[C@H]1C[C@H](C(=O)O)[C@@H](C(=O)N2CCN(c3ccccc3)CC2)N(C(=O)O)C1. The van der Waals surface area contributed by atoms with Crippen LogP contribution in [0.5, 0.6) is 0 Å². The highest BCUT2D eigenvalue weighted by atomic mass is 16.5. The summed E-state index contributed by atoms with van der Waals surface area (Å²) in [6, 6.07) is 8.56. The van der Waals surface area contributed by atoms with E-state index in [4.69, 9.17) is 4.74 Å². The molecule has 0 spiro atoms. The van der Waals surface area contributed by atoms with Crippen molar-refractivity contribution in [1.82, 2.24) is 9.80 Å². The Hall–Kier alpha value is -3.07. The van der Waals surface area contributed by atoms with Gasteiger partial charge in [0.15, 0.2) is 0 Å². The van der Waals surface area contributed by atoms with E-state index in [9.17, 15) is 24.6 Å². The lowest BCUT2D eigenvalue weighted by Gasteiger charge is -2.44. The average molecular weight is 417 g/mol. The molecule has 1 aromatic carbocycles. The molecule has 0 aromatic heterocycles. The predicted octanol–water partition coefficient (Wildman–Crippen LogP) is 1.36. The van der Waals surface area contributed by atoms with Crippen LogP contribution >= 0.6 is 0 Å². The van der Waals surface area contributed by atoms with Gasteiger partial charge in [0.2, 0.25) is 5.91 Å². The minimum atomic E-state index is -1.32. The number of hydrogen-bond acceptors (Lipinski definition) is 5. The zero-order valence-electron chi connectivity index (χ0n) is 16.7. The molecule has 9 heteroatoms. The Morgan fingerprint density at radius 3 is 2.33 bits per heavy atom. The number of carbonyl (C=O) groups is 3. The summed E-state index contributed by atoms with van der Waals surface area (Å²) in [6.07, 6.45) is -0.328. The number of likely N-dealkylation sites (tertiary alicyclic amines) is 1. The largest absolute Gasteiger partial charge is 0.481 e. The van der Waals surface area contributed by atoms with Crippen molar-refractivity contribution in [2.75, 3.05) is 44.2 Å². The van der Waals surface area contributed by atoms with Gasteiger partial charge in [-0.3, -0.25) is 14.5 Å². The standard InChI is InChI=1S/C21H27N3O6/c1-2-12-30-16-13-17(20(26)27)18(24(14-16)21(28)29)19(25)23-10-8-22(9-11-23)15-6-4-3-5-7-15/h2-7,16-18H,1,8-14H2,(H,26,27)(H,28,29)/t16-,17-,18-/m0/s1. The molecule has 2 amide bonds. The van der Waals surface area contributed by atoms with Crippen LogP contribution in [0.15, 0.2) is 43.0 Å². The normalized spacial score (nSPS) is 24.4. The van der Waals surface area contributed by atoms with Gasteiger partial charge in [0, 0.05) is 31.9 Å². The number of carboxylic acids is 1. The Morgan fingerprint density at radius 1 is 1.10 bits per heavy atom. The number of benzene rings is 1. The van der Waals surface area contributed by atoms with E-state index in [1.54, 1.807) is 4.90 Å². The first-order chi connectivity index (χ1) is 14.4. The van der Waals surface area contributed by atoms with Crippen molar-refractivity contribution >= 4 is 23.7 Å². The Bertz CT molecular complexity index is 754. The third-order valence-electron chi connectivity index (χ3n) is 5.61. The van der Waals surface area contributed by atoms with E-state index in [1.807, 2.05) is 30.3 Å². The summed E-state index contributed by atoms with van der Waals surface area (Å²) >= 11 is 0. The quantitative estimate of drug-likeness (QED) is 0.673. The number of amides is 2. The zero-order chi connectivity index (χ0) is 21.7. The van der Waals surface area contributed by atoms with Crippen molar-refractivity contribution in [3.8, 4) is 0 Å². The van der Waals surface area contributed by atoms with E-state index < -0.39 is 36.0 Å². The molecule has 30 heavy (non-hydrogen) atoms. The number of piperidine rings is 1. The molecule has 2 aliphatic heterocycles. The van der Waals surface area contributed by atoms with E-state index in [2.05, 4.69) is 11.5 Å². The monoisotopic (exact) mass is 417 g/mol. The lowest BCUT2D eigenvalue weighted by Crippen LogP contribution is -2.63. The molecule has 9 nitrogen and oxygen atoms in total. The van der Waals surface area contributed by atoms with Gasteiger partial charge in [-0.25, -0.2) is 4.79 Å². The van der Waals surface area contributed by atoms with Crippen LogP contribution in [0, 0.1) is 5.92 Å². The van der Waals surface area contributed by atoms with Crippen LogP contribution in [0.3, 0.4) is 0 Å². The molecule has 2 heterocycles. The molecule has 2 fully saturated rings. The lowest BCUT2D eigenvalue weighted by molar-refractivity contribution is -0.157. The zero-order valence-corrected chi connectivity index (χ0v) is 16.7. The molecule has 0 bridgehead atoms. The Kier molecular flexibility index (Phi) is 6.94. The van der Waals surface area contributed by atoms with Crippen molar-refractivity contribution in [1.29, 1.82) is 0 Å². The topological polar surface area (TPSA) is 111 Å². The fourth-order valence-corrected chi connectivity index (χ4v) is 4.11. The van der Waals surface area contributed by atoms with E-state index in [0.717, 1.165) is 10.6 Å². The fraction of sp³-hybridized carbons (Fsp3) is 0.476. The maximum Gasteiger partial charge on any atom is 0.408 e. The Labute approximate surface area is 175 Å². The van der Waals surface area contributed by atoms with Crippen molar-refractivity contribution in [3.05, 3.63) is 43.0 Å². The summed E-state index contributed by atoms with van der Waals surface area (Å²) in [7, 11) is 0. The second-order valence-electron chi connectivity index (χ2n) is 7.45. The number of anilines is 1. The van der Waals surface area contributed by atoms with Crippen molar-refractivity contribution in [2.24, 2.45) is 5.92 Å². The van der Waals surface area contributed by atoms with Crippen molar-refractivity contribution in [3.63, 3.8) is 0 Å². The number of hydrogen-bond donors (Lipinski definition) is 2. The maximum atomic E-state index is 13.2. The van der Waals surface area contributed by atoms with Crippen molar-refractivity contribution < 1.29 is 29.3 Å². The van der Waals surface area contributed by atoms with E-state index in [-0.39, 0.29) is 19.6 Å². The molecule has 2 N–H and O–H groups in total. The average Bonchev–Trinajstić information content (AvgIpc) is 2.77. The lowest BCUT2D eigenvalue weighted by atomic mass is 9.86. The number of ether oxygens (including phenoxy) is 1. The molecule has 0 aliphatic carbocycles. The van der Waals surface area contributed by atoms with Gasteiger partial charge in [0.05, 0.1) is 25.2 Å². The number of carbonyl (C=O) groups excluding carboxylic acids is 1. The number of carboxylic acid groups (broad SMARTS) is 2. The van der Waals surface area contributed by atoms with Crippen LogP contribution in [-0.4, -0.2) is 89.5 Å². The summed E-state index contributed by atoms with van der Waals surface area (Å²) < 4.78 is 5.51. The van der Waals surface area contributed by atoms with Crippen LogP contribution in [0.1, 0.15) is 6.42 Å². The predicted molar refractivity (Wildman–Crippen MR) is 109 cm³/mol. The summed E-state index contributed by atoms with van der Waals surface area (Å²) in [6.45, 7) is 5.68. The van der Waals surface area contributed by atoms with Crippen LogP contribution in [-0.2, 0) is 14.3 Å². The van der Waals surface area contributed by atoms with Gasteiger partial charge in [-0.2, -0.15) is 0 Å². The van der Waals surface area contributed by atoms with Crippen LogP contribution in [0.4, 0.5) is 10.5 Å². The fourth-order valence-electron chi connectivity index (χ4n) is 4.11. The van der Waals surface area contributed by atoms with E-state index in [1.165, 1.54) is 6.08 Å². The molecule has 2 saturated heterocycles. The highest BCUT2D eigenvalue weighted by Crippen LogP contribution is 2.28. The van der Waals surface area contributed by atoms with Crippen LogP contribution in [0.25, 0.3) is 0 Å². The molecular formula is C21H27N3O6. The Morgan fingerprint density at radius 2 is 1.77 bits per heavy atom. The minimum absolute atomic E-state index is 0.0483. The number of aliphatic carboxylic acids is 1. The number of nitrogens with zero attached hydrogens (tertiary/aromatic N) is 3. The highest BCUT2D eigenvalue weighted by molar-refractivity contribution is 5.91. The number of para-hydroxylation sites is 1. The molecule has 162 valence electrons. The van der Waals surface area contributed by atoms with Gasteiger partial charge >= 0.3 is 12.1 Å². The van der Waals surface area contributed by atoms with Crippen LogP contribution < -0.4 is 4.90 Å². The van der Waals surface area contributed by atoms with Gasteiger partial charge in [0.25, 0.3) is 0 Å². The third-order valence-corrected chi connectivity index (χ3v) is 5.61. The minimum Gasteiger partial charge on any atom is -0.481 e. The van der Waals surface area contributed by atoms with Gasteiger partial charge in [0.1, 0.15) is 6.04 Å². The van der Waals surface area contributed by atoms with Gasteiger partial charge < -0.3 is 24.7 Å². The summed E-state index contributed by atoms with van der Waals surface area (Å²) in [5.41, 5.74) is 1.06. The molecule has 3 atom stereocenters. The third kappa shape index (κ3) is 4.73. The molecule has 1 aromatic rings. The number of rotatable bonds is 6. The first kappa shape index (κ1) is 21.6. The highest BCUT2D eigenvalue weighted by Gasteiger charge is 2.48. The van der Waals surface area contributed by atoms with Gasteiger partial charge in [-0.05, 0) is 18.6 Å². The smallest absolute Gasteiger partial charge is 0.408 e. The number of piperazine rings is 1. The second kappa shape index (κ2) is 9.62. The Balaban J connectivity index is 1.73. The molecule has 3 rings (SSSR count). The molecular weight excluding hydrogens is 390 g/mol. The van der Waals surface area contributed by atoms with Gasteiger partial charge in [-0.15, -0.1) is 6.58 Å². The first-order valence-electron chi connectivity index (χ1n) is 9.96. The summed E-state index contributed by atoms with van der Waals surface area (Å²) in [4.78, 5) is 41.6. The van der Waals surface area contributed by atoms with E-state index >= 15 is 0 Å². The van der Waals surface area contributed by atoms with Crippen LogP contribution in [0.2, 0.25) is 0 Å². The second-order valence-corrected chi connectivity index (χ2v) is 7.45.